The Bertz CT molecular complexity index is 539. The van der Waals surface area contributed by atoms with Crippen molar-refractivity contribution in [2.45, 2.75) is 12.8 Å². The zero-order chi connectivity index (χ0) is 12.8. The Kier molecular flexibility index (Phi) is 4.40. The molecule has 0 radical (unpaired) electrons. The first-order valence-corrected chi connectivity index (χ1v) is 6.62. The largest absolute Gasteiger partial charge is 0.320 e. The summed E-state index contributed by atoms with van der Waals surface area (Å²) in [4.78, 5) is 0. The van der Waals surface area contributed by atoms with Gasteiger partial charge in [0.05, 0.1) is 11.6 Å². The number of aryl methyl sites for hydroxylation is 1. The quantitative estimate of drug-likeness (QED) is 0.835. The van der Waals surface area contributed by atoms with Crippen LogP contribution in [-0.4, -0.2) is 23.8 Å². The molecule has 0 aliphatic rings. The van der Waals surface area contributed by atoms with Crippen LogP contribution in [0, 0.1) is 11.3 Å². The minimum absolute atomic E-state index is 0.664. The van der Waals surface area contributed by atoms with Crippen LogP contribution in [0.5, 0.6) is 0 Å². The SMILES string of the molecule is CNCCCc1nnc(-c2ccc(C#N)cc2)s1. The van der Waals surface area contributed by atoms with Crippen molar-refractivity contribution in [2.75, 3.05) is 13.6 Å². The normalized spacial score (nSPS) is 10.2. The fourth-order valence-corrected chi connectivity index (χ4v) is 2.46. The van der Waals surface area contributed by atoms with Crippen LogP contribution in [0.1, 0.15) is 17.0 Å². The number of nitriles is 1. The Morgan fingerprint density at radius 3 is 2.72 bits per heavy atom. The summed E-state index contributed by atoms with van der Waals surface area (Å²) in [5, 5.41) is 22.2. The summed E-state index contributed by atoms with van der Waals surface area (Å²) in [6.45, 7) is 0.992. The fourth-order valence-electron chi connectivity index (χ4n) is 1.58. The highest BCUT2D eigenvalue weighted by molar-refractivity contribution is 7.14. The first kappa shape index (κ1) is 12.7. The maximum absolute atomic E-state index is 8.74. The van der Waals surface area contributed by atoms with E-state index in [1.807, 2.05) is 19.2 Å². The second kappa shape index (κ2) is 6.24. The molecule has 0 unspecified atom stereocenters. The van der Waals surface area contributed by atoms with Crippen molar-refractivity contribution in [3.8, 4) is 16.6 Å². The van der Waals surface area contributed by atoms with Crippen molar-refractivity contribution >= 4 is 11.3 Å². The molecule has 1 heterocycles. The van der Waals surface area contributed by atoms with Gasteiger partial charge in [-0.25, -0.2) is 0 Å². The van der Waals surface area contributed by atoms with E-state index in [0.29, 0.717) is 5.56 Å². The number of rotatable bonds is 5. The van der Waals surface area contributed by atoms with E-state index < -0.39 is 0 Å². The lowest BCUT2D eigenvalue weighted by Crippen LogP contribution is -2.08. The number of aromatic nitrogens is 2. The average molecular weight is 258 g/mol. The van der Waals surface area contributed by atoms with E-state index in [2.05, 4.69) is 21.6 Å². The molecular formula is C13H14N4S. The standard InChI is InChI=1S/C13H14N4S/c1-15-8-2-3-12-16-17-13(18-12)11-6-4-10(9-14)5-7-11/h4-7,15H,2-3,8H2,1H3. The van der Waals surface area contributed by atoms with Gasteiger partial charge in [-0.15, -0.1) is 10.2 Å². The molecular weight excluding hydrogens is 244 g/mol. The summed E-state index contributed by atoms with van der Waals surface area (Å²) in [6, 6.07) is 9.54. The zero-order valence-corrected chi connectivity index (χ0v) is 11.0. The summed E-state index contributed by atoms with van der Waals surface area (Å²) in [7, 11) is 1.95. The predicted molar refractivity (Wildman–Crippen MR) is 72.3 cm³/mol. The van der Waals surface area contributed by atoms with E-state index in [0.717, 1.165) is 35.0 Å². The van der Waals surface area contributed by atoms with Gasteiger partial charge < -0.3 is 5.32 Å². The Labute approximate surface area is 110 Å². The average Bonchev–Trinajstić information content (AvgIpc) is 2.88. The Balaban J connectivity index is 2.06. The summed E-state index contributed by atoms with van der Waals surface area (Å²) >= 11 is 1.62. The van der Waals surface area contributed by atoms with E-state index in [1.54, 1.807) is 23.5 Å². The summed E-state index contributed by atoms with van der Waals surface area (Å²) in [6.07, 6.45) is 2.02. The van der Waals surface area contributed by atoms with Crippen LogP contribution < -0.4 is 5.32 Å². The maximum atomic E-state index is 8.74. The molecule has 0 saturated heterocycles. The van der Waals surface area contributed by atoms with Crippen molar-refractivity contribution in [1.29, 1.82) is 5.26 Å². The van der Waals surface area contributed by atoms with Crippen LogP contribution in [0.2, 0.25) is 0 Å². The number of nitrogens with zero attached hydrogens (tertiary/aromatic N) is 3. The second-order valence-electron chi connectivity index (χ2n) is 3.90. The summed E-state index contributed by atoms with van der Waals surface area (Å²) in [5.41, 5.74) is 1.68. The molecule has 92 valence electrons. The van der Waals surface area contributed by atoms with E-state index >= 15 is 0 Å². The van der Waals surface area contributed by atoms with Crippen LogP contribution in [0.3, 0.4) is 0 Å². The molecule has 2 aromatic rings. The van der Waals surface area contributed by atoms with Gasteiger partial charge in [0.1, 0.15) is 10.0 Å². The predicted octanol–water partition coefficient (Wildman–Crippen LogP) is 2.23. The lowest BCUT2D eigenvalue weighted by molar-refractivity contribution is 0.718. The van der Waals surface area contributed by atoms with E-state index in [9.17, 15) is 0 Å². The van der Waals surface area contributed by atoms with Crippen LogP contribution in [-0.2, 0) is 6.42 Å². The minimum Gasteiger partial charge on any atom is -0.320 e. The molecule has 0 aliphatic carbocycles. The van der Waals surface area contributed by atoms with E-state index in [-0.39, 0.29) is 0 Å². The van der Waals surface area contributed by atoms with Gasteiger partial charge in [0, 0.05) is 12.0 Å². The molecule has 5 heteroatoms. The zero-order valence-electron chi connectivity index (χ0n) is 10.2. The highest BCUT2D eigenvalue weighted by Gasteiger charge is 2.06. The lowest BCUT2D eigenvalue weighted by Gasteiger charge is -1.95. The number of benzene rings is 1. The summed E-state index contributed by atoms with van der Waals surface area (Å²) in [5.74, 6) is 0. The summed E-state index contributed by atoms with van der Waals surface area (Å²) < 4.78 is 0. The Hall–Kier alpha value is -1.77. The van der Waals surface area contributed by atoms with Gasteiger partial charge in [0.25, 0.3) is 0 Å². The van der Waals surface area contributed by atoms with Gasteiger partial charge in [-0.3, -0.25) is 0 Å². The van der Waals surface area contributed by atoms with E-state index in [1.165, 1.54) is 0 Å². The van der Waals surface area contributed by atoms with Crippen molar-refractivity contribution in [1.82, 2.24) is 15.5 Å². The smallest absolute Gasteiger partial charge is 0.147 e. The Morgan fingerprint density at radius 1 is 1.28 bits per heavy atom. The van der Waals surface area contributed by atoms with E-state index in [4.69, 9.17) is 5.26 Å². The van der Waals surface area contributed by atoms with Crippen molar-refractivity contribution in [2.24, 2.45) is 0 Å². The minimum atomic E-state index is 0.664. The molecule has 1 aromatic carbocycles. The third kappa shape index (κ3) is 3.13. The number of hydrogen-bond donors (Lipinski definition) is 1. The molecule has 2 rings (SSSR count). The molecule has 1 aromatic heterocycles. The molecule has 0 atom stereocenters. The van der Waals surface area contributed by atoms with Gasteiger partial charge in [0.2, 0.25) is 0 Å². The molecule has 0 bridgehead atoms. The van der Waals surface area contributed by atoms with Gasteiger partial charge in [-0.2, -0.15) is 5.26 Å². The van der Waals surface area contributed by atoms with Gasteiger partial charge >= 0.3 is 0 Å². The highest BCUT2D eigenvalue weighted by atomic mass is 32.1. The van der Waals surface area contributed by atoms with Crippen LogP contribution in [0.25, 0.3) is 10.6 Å². The topological polar surface area (TPSA) is 61.6 Å². The second-order valence-corrected chi connectivity index (χ2v) is 4.96. The molecule has 0 aliphatic heterocycles. The van der Waals surface area contributed by atoms with Crippen molar-refractivity contribution < 1.29 is 0 Å². The molecule has 0 saturated carbocycles. The molecule has 0 fully saturated rings. The van der Waals surface area contributed by atoms with Crippen molar-refractivity contribution in [3.63, 3.8) is 0 Å². The first-order chi connectivity index (χ1) is 8.83. The van der Waals surface area contributed by atoms with Crippen molar-refractivity contribution in [3.05, 3.63) is 34.8 Å². The first-order valence-electron chi connectivity index (χ1n) is 5.81. The van der Waals surface area contributed by atoms with Gasteiger partial charge in [-0.05, 0) is 32.1 Å². The highest BCUT2D eigenvalue weighted by Crippen LogP contribution is 2.24. The molecule has 0 amide bonds. The third-order valence-electron chi connectivity index (χ3n) is 2.55. The lowest BCUT2D eigenvalue weighted by atomic mass is 10.2. The van der Waals surface area contributed by atoms with Crippen LogP contribution in [0.4, 0.5) is 0 Å². The molecule has 4 nitrogen and oxygen atoms in total. The molecule has 1 N–H and O–H groups in total. The van der Waals surface area contributed by atoms with Crippen LogP contribution >= 0.6 is 11.3 Å². The molecule has 18 heavy (non-hydrogen) atoms. The monoisotopic (exact) mass is 258 g/mol. The Morgan fingerprint density at radius 2 is 2.06 bits per heavy atom. The number of hydrogen-bond acceptors (Lipinski definition) is 5. The number of nitrogens with one attached hydrogen (secondary N) is 1. The fraction of sp³-hybridized carbons (Fsp3) is 0.308. The third-order valence-corrected chi connectivity index (χ3v) is 3.58. The molecule has 0 spiro atoms. The van der Waals surface area contributed by atoms with Crippen LogP contribution in [0.15, 0.2) is 24.3 Å². The van der Waals surface area contributed by atoms with Gasteiger partial charge in [-0.1, -0.05) is 23.5 Å². The maximum Gasteiger partial charge on any atom is 0.147 e. The van der Waals surface area contributed by atoms with Gasteiger partial charge in [0.15, 0.2) is 0 Å².